The smallest absolute Gasteiger partial charge is 0.303 e. The van der Waals surface area contributed by atoms with Gasteiger partial charge in [0.15, 0.2) is 0 Å². The van der Waals surface area contributed by atoms with Crippen molar-refractivity contribution in [1.82, 2.24) is 4.90 Å². The molecular weight excluding hydrogens is 567 g/mol. The Hall–Kier alpha value is -4.05. The molecule has 2 heterocycles. The molecule has 6 rings (SSSR count). The van der Waals surface area contributed by atoms with Crippen molar-refractivity contribution in [3.05, 3.63) is 70.5 Å². The minimum Gasteiger partial charge on any atom is -0.508 e. The standard InChI is InChI=1S/C31H28ClFN2O7/c1-31-21(28(40)35(30(31)42)16-6-11-23(33)22(32)13-16)14-20-18(26(31)15-4-7-17(36)8-5-15)9-10-19-25(20)29(41)34(27(19)39)12-2-3-24(37)38/h4-9,11,13,19-21,25-26,36H,2-3,10,12,14H2,1H3,(H,37,38). The van der Waals surface area contributed by atoms with Gasteiger partial charge in [-0.2, -0.15) is 0 Å². The lowest BCUT2D eigenvalue weighted by Crippen LogP contribution is -2.48. The van der Waals surface area contributed by atoms with Gasteiger partial charge >= 0.3 is 5.97 Å². The molecule has 2 aliphatic carbocycles. The average molecular weight is 595 g/mol. The third-order valence-corrected chi connectivity index (χ3v) is 9.82. The van der Waals surface area contributed by atoms with E-state index in [-0.39, 0.29) is 54.6 Å². The van der Waals surface area contributed by atoms with Gasteiger partial charge in [0.1, 0.15) is 11.6 Å². The summed E-state index contributed by atoms with van der Waals surface area (Å²) in [6.07, 6.45) is 2.28. The molecule has 0 aromatic heterocycles. The molecule has 2 aromatic carbocycles. The van der Waals surface area contributed by atoms with Gasteiger partial charge in [0, 0.05) is 18.9 Å². The Morgan fingerprint density at radius 3 is 2.43 bits per heavy atom. The number of likely N-dealkylation sites (tertiary alicyclic amines) is 1. The van der Waals surface area contributed by atoms with Gasteiger partial charge in [0.05, 0.1) is 33.9 Å². The highest BCUT2D eigenvalue weighted by atomic mass is 35.5. The maximum atomic E-state index is 14.3. The zero-order chi connectivity index (χ0) is 30.1. The summed E-state index contributed by atoms with van der Waals surface area (Å²) < 4.78 is 14.0. The number of amides is 4. The first-order valence-corrected chi connectivity index (χ1v) is 14.2. The second-order valence-electron chi connectivity index (χ2n) is 11.7. The van der Waals surface area contributed by atoms with E-state index in [9.17, 15) is 33.5 Å². The highest BCUT2D eigenvalue weighted by Crippen LogP contribution is 2.63. The van der Waals surface area contributed by atoms with Gasteiger partial charge in [-0.25, -0.2) is 9.29 Å². The summed E-state index contributed by atoms with van der Waals surface area (Å²) in [5.41, 5.74) is 0.319. The van der Waals surface area contributed by atoms with E-state index in [0.717, 1.165) is 21.4 Å². The molecule has 2 aromatic rings. The summed E-state index contributed by atoms with van der Waals surface area (Å²) >= 11 is 6.01. The van der Waals surface area contributed by atoms with E-state index in [1.54, 1.807) is 19.1 Å². The predicted octanol–water partition coefficient (Wildman–Crippen LogP) is 4.28. The molecule has 0 bridgehead atoms. The van der Waals surface area contributed by atoms with Crippen molar-refractivity contribution in [1.29, 1.82) is 0 Å². The second kappa shape index (κ2) is 10.0. The number of fused-ring (bicyclic) bond motifs is 4. The summed E-state index contributed by atoms with van der Waals surface area (Å²) in [6, 6.07) is 10.0. The Kier molecular flexibility index (Phi) is 6.72. The first kappa shape index (κ1) is 28.1. The van der Waals surface area contributed by atoms with Crippen molar-refractivity contribution in [3.63, 3.8) is 0 Å². The molecule has 2 saturated heterocycles. The molecule has 4 aliphatic rings. The van der Waals surface area contributed by atoms with Crippen LogP contribution >= 0.6 is 11.6 Å². The van der Waals surface area contributed by atoms with Crippen molar-refractivity contribution in [2.75, 3.05) is 11.4 Å². The first-order chi connectivity index (χ1) is 19.9. The van der Waals surface area contributed by atoms with Gasteiger partial charge < -0.3 is 10.2 Å². The van der Waals surface area contributed by atoms with E-state index >= 15 is 0 Å². The molecule has 0 radical (unpaired) electrons. The number of aliphatic carboxylic acids is 1. The van der Waals surface area contributed by atoms with Crippen molar-refractivity contribution >= 4 is 46.9 Å². The fraction of sp³-hybridized carbons (Fsp3) is 0.387. The number of imide groups is 2. The van der Waals surface area contributed by atoms with Crippen LogP contribution in [0.2, 0.25) is 5.02 Å². The van der Waals surface area contributed by atoms with Crippen LogP contribution < -0.4 is 4.90 Å². The monoisotopic (exact) mass is 594 g/mol. The number of allylic oxidation sites excluding steroid dienone is 2. The molecule has 2 aliphatic heterocycles. The largest absolute Gasteiger partial charge is 0.508 e. The SMILES string of the molecule is CC12C(=O)N(c3ccc(F)c(Cl)c3)C(=O)C1CC1C(=CCC3C(=O)N(CCCC(=O)O)C(=O)C31)C2c1ccc(O)cc1. The van der Waals surface area contributed by atoms with Crippen LogP contribution in [-0.2, 0) is 24.0 Å². The molecule has 2 N–H and O–H groups in total. The van der Waals surface area contributed by atoms with E-state index in [4.69, 9.17) is 16.7 Å². The molecule has 42 heavy (non-hydrogen) atoms. The lowest BCUT2D eigenvalue weighted by molar-refractivity contribution is -0.142. The van der Waals surface area contributed by atoms with Gasteiger partial charge in [0.25, 0.3) is 0 Å². The van der Waals surface area contributed by atoms with Crippen molar-refractivity contribution in [2.45, 2.75) is 38.5 Å². The molecule has 6 atom stereocenters. The topological polar surface area (TPSA) is 132 Å². The van der Waals surface area contributed by atoms with Gasteiger partial charge in [-0.3, -0.25) is 28.9 Å². The number of carboxylic acids is 1. The number of carbonyl (C=O) groups excluding carboxylic acids is 4. The Morgan fingerprint density at radius 2 is 1.76 bits per heavy atom. The molecular formula is C31H28ClFN2O7. The molecule has 4 amide bonds. The average Bonchev–Trinajstić information content (AvgIpc) is 3.30. The number of rotatable bonds is 6. The number of aromatic hydroxyl groups is 1. The van der Waals surface area contributed by atoms with Crippen molar-refractivity contribution in [3.8, 4) is 5.75 Å². The first-order valence-electron chi connectivity index (χ1n) is 13.8. The molecule has 3 fully saturated rings. The number of benzene rings is 2. The summed E-state index contributed by atoms with van der Waals surface area (Å²) in [5, 5.41) is 18.8. The van der Waals surface area contributed by atoms with E-state index in [1.165, 1.54) is 24.3 Å². The highest BCUT2D eigenvalue weighted by molar-refractivity contribution is 6.31. The molecule has 0 spiro atoms. The normalized spacial score (nSPS) is 30.3. The number of phenols is 1. The number of carbonyl (C=O) groups is 5. The molecule has 218 valence electrons. The lowest BCUT2D eigenvalue weighted by Gasteiger charge is -2.49. The molecule has 9 nitrogen and oxygen atoms in total. The Bertz CT molecular complexity index is 1570. The van der Waals surface area contributed by atoms with Crippen LogP contribution in [0, 0.1) is 34.9 Å². The maximum Gasteiger partial charge on any atom is 0.303 e. The number of hydrogen-bond acceptors (Lipinski definition) is 6. The van der Waals surface area contributed by atoms with Gasteiger partial charge in [-0.15, -0.1) is 0 Å². The van der Waals surface area contributed by atoms with Gasteiger partial charge in [-0.05, 0) is 68.0 Å². The van der Waals surface area contributed by atoms with E-state index in [1.807, 2.05) is 6.08 Å². The van der Waals surface area contributed by atoms with Crippen LogP contribution in [0.25, 0.3) is 0 Å². The van der Waals surface area contributed by atoms with E-state index in [0.29, 0.717) is 5.56 Å². The zero-order valence-corrected chi connectivity index (χ0v) is 23.4. The number of halogens is 2. The number of phenolic OH excluding ortho intramolecular Hbond substituents is 1. The minimum absolute atomic E-state index is 0.00191. The van der Waals surface area contributed by atoms with Crippen LogP contribution in [0.1, 0.15) is 44.1 Å². The molecule has 1 saturated carbocycles. The number of anilines is 1. The summed E-state index contributed by atoms with van der Waals surface area (Å²) in [5.74, 6) is -6.82. The second-order valence-corrected chi connectivity index (χ2v) is 12.1. The fourth-order valence-corrected chi connectivity index (χ4v) is 7.78. The quantitative estimate of drug-likeness (QED) is 0.377. The molecule has 11 heteroatoms. The van der Waals surface area contributed by atoms with Crippen LogP contribution in [0.4, 0.5) is 10.1 Å². The number of nitrogens with zero attached hydrogens (tertiary/aromatic N) is 2. The van der Waals surface area contributed by atoms with E-state index < -0.39 is 64.5 Å². The van der Waals surface area contributed by atoms with Crippen LogP contribution in [0.3, 0.4) is 0 Å². The van der Waals surface area contributed by atoms with Gasteiger partial charge in [-0.1, -0.05) is 35.4 Å². The summed E-state index contributed by atoms with van der Waals surface area (Å²) in [6.45, 7) is 1.72. The van der Waals surface area contributed by atoms with Crippen molar-refractivity contribution in [2.24, 2.45) is 29.1 Å². The Balaban J connectivity index is 1.44. The number of carboxylic acid groups (broad SMARTS) is 1. The molecule has 6 unspecified atom stereocenters. The summed E-state index contributed by atoms with van der Waals surface area (Å²) in [4.78, 5) is 68.6. The van der Waals surface area contributed by atoms with Crippen LogP contribution in [0.5, 0.6) is 5.75 Å². The summed E-state index contributed by atoms with van der Waals surface area (Å²) in [7, 11) is 0. The minimum atomic E-state index is -1.28. The third-order valence-electron chi connectivity index (χ3n) is 9.53. The third kappa shape index (κ3) is 4.06. The zero-order valence-electron chi connectivity index (χ0n) is 22.6. The highest BCUT2D eigenvalue weighted by Gasteiger charge is 2.67. The predicted molar refractivity (Wildman–Crippen MR) is 148 cm³/mol. The van der Waals surface area contributed by atoms with Crippen LogP contribution in [-0.4, -0.2) is 51.3 Å². The van der Waals surface area contributed by atoms with E-state index in [2.05, 4.69) is 0 Å². The Labute approximate surface area is 245 Å². The van der Waals surface area contributed by atoms with Crippen molar-refractivity contribution < 1.29 is 38.6 Å². The number of hydrogen-bond donors (Lipinski definition) is 2. The van der Waals surface area contributed by atoms with Crippen LogP contribution in [0.15, 0.2) is 54.1 Å². The van der Waals surface area contributed by atoms with Gasteiger partial charge in [0.2, 0.25) is 23.6 Å². The Morgan fingerprint density at radius 1 is 1.05 bits per heavy atom. The fourth-order valence-electron chi connectivity index (χ4n) is 7.61. The maximum absolute atomic E-state index is 14.3. The lowest BCUT2D eigenvalue weighted by atomic mass is 9.51.